The number of rotatable bonds is 8. The molecule has 0 spiro atoms. The van der Waals surface area contributed by atoms with Gasteiger partial charge in [0.1, 0.15) is 23.0 Å². The summed E-state index contributed by atoms with van der Waals surface area (Å²) in [6.07, 6.45) is -0.491. The van der Waals surface area contributed by atoms with Crippen molar-refractivity contribution < 1.29 is 36.2 Å². The van der Waals surface area contributed by atoms with E-state index in [-0.39, 0.29) is 57.7 Å². The van der Waals surface area contributed by atoms with E-state index in [4.69, 9.17) is 0 Å². The van der Waals surface area contributed by atoms with Gasteiger partial charge in [0.25, 0.3) is 11.5 Å². The molecule has 3 atom stereocenters. The van der Waals surface area contributed by atoms with Gasteiger partial charge in [0.2, 0.25) is 0 Å². The molecule has 238 valence electrons. The van der Waals surface area contributed by atoms with Gasteiger partial charge in [0.05, 0.1) is 16.7 Å². The van der Waals surface area contributed by atoms with E-state index in [9.17, 15) is 41.0 Å². The van der Waals surface area contributed by atoms with Crippen molar-refractivity contribution in [1.29, 1.82) is 0 Å². The molecule has 8 nitrogen and oxygen atoms in total. The summed E-state index contributed by atoms with van der Waals surface area (Å²) in [7, 11) is 0. The number of hydrogen-bond acceptors (Lipinski definition) is 5. The van der Waals surface area contributed by atoms with Crippen molar-refractivity contribution in [3.05, 3.63) is 116 Å². The first-order valence-corrected chi connectivity index (χ1v) is 14.1. The molecule has 0 aliphatic carbocycles. The highest BCUT2D eigenvalue weighted by molar-refractivity contribution is 6.02. The maximum absolute atomic E-state index is 14.3. The number of amides is 1. The van der Waals surface area contributed by atoms with E-state index in [0.29, 0.717) is 17.6 Å². The highest BCUT2D eigenvalue weighted by Gasteiger charge is 2.39. The minimum absolute atomic E-state index is 0.0584. The van der Waals surface area contributed by atoms with Gasteiger partial charge in [-0.15, -0.1) is 0 Å². The van der Waals surface area contributed by atoms with Crippen molar-refractivity contribution in [2.75, 3.05) is 5.32 Å². The molecule has 6 rings (SSSR count). The van der Waals surface area contributed by atoms with Crippen LogP contribution in [0.4, 0.5) is 32.0 Å². The number of nitrogens with one attached hydrogen (secondary N) is 3. The number of H-pyrrole nitrogens is 2. The van der Waals surface area contributed by atoms with E-state index in [2.05, 4.69) is 20.3 Å². The van der Waals surface area contributed by atoms with Crippen LogP contribution in [0.1, 0.15) is 47.1 Å². The monoisotopic (exact) mass is 641 g/mol. The Morgan fingerprint density at radius 1 is 0.913 bits per heavy atom. The molecular weight excluding hydrogens is 616 g/mol. The predicted octanol–water partition coefficient (Wildman–Crippen LogP) is 5.87. The topological polar surface area (TPSA) is 114 Å². The zero-order chi connectivity index (χ0) is 33.0. The first kappa shape index (κ1) is 30.9. The lowest BCUT2D eigenvalue weighted by Gasteiger charge is -2.28. The third-order valence-corrected chi connectivity index (χ3v) is 7.91. The van der Waals surface area contributed by atoms with Gasteiger partial charge in [-0.25, -0.2) is 31.3 Å². The van der Waals surface area contributed by atoms with Crippen LogP contribution in [0.5, 0.6) is 0 Å². The number of anilines is 1. The summed E-state index contributed by atoms with van der Waals surface area (Å²) in [5, 5.41) is 14.1. The number of nitrogens with zero attached hydrogens (tertiary/aromatic N) is 2. The zero-order valence-corrected chi connectivity index (χ0v) is 24.2. The quantitative estimate of drug-likeness (QED) is 0.125. The number of imidazole rings is 1. The van der Waals surface area contributed by atoms with E-state index in [1.54, 1.807) is 6.92 Å². The number of aromatic nitrogens is 3. The second-order valence-corrected chi connectivity index (χ2v) is 11.2. The van der Waals surface area contributed by atoms with E-state index in [1.807, 2.05) is 0 Å². The Labute approximate surface area is 256 Å². The average Bonchev–Trinajstić information content (AvgIpc) is 3.50. The molecule has 2 aromatic heterocycles. The van der Waals surface area contributed by atoms with Gasteiger partial charge >= 0.3 is 0 Å². The predicted molar refractivity (Wildman–Crippen MR) is 156 cm³/mol. The number of hydrogen-bond donors (Lipinski definition) is 4. The summed E-state index contributed by atoms with van der Waals surface area (Å²) in [6.45, 7) is 3.14. The number of halogens is 6. The molecule has 3 aromatic carbocycles. The highest BCUT2D eigenvalue weighted by atomic mass is 19.2. The molecule has 14 heteroatoms. The van der Waals surface area contributed by atoms with Crippen molar-refractivity contribution in [1.82, 2.24) is 19.9 Å². The normalized spacial score (nSPS) is 15.8. The molecular formula is C32H25F6N5O3. The summed E-state index contributed by atoms with van der Waals surface area (Å²) in [6, 6.07) is 5.56. The van der Waals surface area contributed by atoms with Crippen LogP contribution >= 0.6 is 0 Å². The van der Waals surface area contributed by atoms with Crippen LogP contribution < -0.4 is 10.9 Å². The van der Waals surface area contributed by atoms with Crippen LogP contribution in [-0.4, -0.2) is 42.9 Å². The van der Waals surface area contributed by atoms with Gasteiger partial charge in [-0.3, -0.25) is 9.59 Å². The second-order valence-electron chi connectivity index (χ2n) is 11.2. The Morgan fingerprint density at radius 3 is 2.20 bits per heavy atom. The minimum atomic E-state index is -1.47. The minimum Gasteiger partial charge on any atom is -0.381 e. The van der Waals surface area contributed by atoms with Crippen LogP contribution in [0.3, 0.4) is 0 Å². The molecule has 0 bridgehead atoms. The van der Waals surface area contributed by atoms with Gasteiger partial charge in [0.15, 0.2) is 29.5 Å². The SMILES string of the molecule is C[C@@H](Cc1cc(F)cc(F)c1F)Nc1cc[nH]c(=O)c1-c1nc2cc3c(cc2[nH]1)C(O)N([C@@H](C)Cc1cc(F)cc(F)c1F)C3=O. The van der Waals surface area contributed by atoms with Crippen LogP contribution in [0.15, 0.2) is 53.5 Å². The molecule has 0 fully saturated rings. The first-order valence-electron chi connectivity index (χ1n) is 14.1. The molecule has 1 amide bonds. The molecule has 3 heterocycles. The van der Waals surface area contributed by atoms with Crippen LogP contribution in [0.25, 0.3) is 22.4 Å². The first-order chi connectivity index (χ1) is 21.8. The Kier molecular flexibility index (Phi) is 7.84. The van der Waals surface area contributed by atoms with Crippen LogP contribution in [-0.2, 0) is 12.8 Å². The standard InChI is InChI=1S/C32H25F6N5O3/c1-13(5-15-7-17(33)9-21(35)27(15)37)40-23-3-4-39-30(44)26(23)29-41-24-11-19-20(12-25(24)42-29)32(46)43(31(19)45)14(2)6-16-8-18(34)10-22(36)28(16)38/h3-4,7-14,31,45H,5-6H2,1-2H3,(H,41,42)(H2,39,40,44)/t13-,14-,31?/m0/s1. The summed E-state index contributed by atoms with van der Waals surface area (Å²) in [5.41, 5.74) is 0.206. The third kappa shape index (κ3) is 5.49. The number of aromatic amines is 2. The number of carbonyl (C=O) groups is 1. The fourth-order valence-corrected chi connectivity index (χ4v) is 5.84. The Morgan fingerprint density at radius 2 is 1.54 bits per heavy atom. The Hall–Kier alpha value is -5.11. The molecule has 4 N–H and O–H groups in total. The van der Waals surface area contributed by atoms with Crippen molar-refractivity contribution in [2.45, 2.75) is 45.0 Å². The summed E-state index contributed by atoms with van der Waals surface area (Å²) < 4.78 is 83.4. The van der Waals surface area contributed by atoms with E-state index in [0.717, 1.165) is 17.0 Å². The largest absolute Gasteiger partial charge is 0.381 e. The maximum atomic E-state index is 14.3. The molecule has 46 heavy (non-hydrogen) atoms. The molecule has 0 saturated carbocycles. The highest BCUT2D eigenvalue weighted by Crippen LogP contribution is 2.37. The van der Waals surface area contributed by atoms with E-state index >= 15 is 0 Å². The molecule has 1 aliphatic rings. The molecule has 5 aromatic rings. The third-order valence-electron chi connectivity index (χ3n) is 7.91. The number of fused-ring (bicyclic) bond motifs is 2. The van der Waals surface area contributed by atoms with Crippen LogP contribution in [0.2, 0.25) is 0 Å². The van der Waals surface area contributed by atoms with Crippen molar-refractivity contribution in [2.24, 2.45) is 0 Å². The summed E-state index contributed by atoms with van der Waals surface area (Å²) >= 11 is 0. The van der Waals surface area contributed by atoms with Crippen LogP contribution in [0, 0.1) is 34.9 Å². The molecule has 0 saturated heterocycles. The average molecular weight is 642 g/mol. The van der Waals surface area contributed by atoms with Gasteiger partial charge in [-0.1, -0.05) is 0 Å². The number of pyridine rings is 1. The van der Waals surface area contributed by atoms with Crippen molar-refractivity contribution >= 4 is 22.6 Å². The second kappa shape index (κ2) is 11.7. The number of carbonyl (C=O) groups excluding carboxylic acids is 1. The van der Waals surface area contributed by atoms with E-state index in [1.165, 1.54) is 31.3 Å². The fraction of sp³-hybridized carbons (Fsp3) is 0.219. The lowest BCUT2D eigenvalue weighted by atomic mass is 10.0. The Balaban J connectivity index is 1.27. The lowest BCUT2D eigenvalue weighted by molar-refractivity contribution is 0.000247. The maximum Gasteiger partial charge on any atom is 0.261 e. The number of aliphatic hydroxyl groups is 1. The number of benzene rings is 3. The van der Waals surface area contributed by atoms with Gasteiger partial charge < -0.3 is 25.3 Å². The molecule has 0 radical (unpaired) electrons. The van der Waals surface area contributed by atoms with Gasteiger partial charge in [0, 0.05) is 41.5 Å². The fourth-order valence-electron chi connectivity index (χ4n) is 5.84. The van der Waals surface area contributed by atoms with Gasteiger partial charge in [-0.2, -0.15) is 0 Å². The van der Waals surface area contributed by atoms with Crippen molar-refractivity contribution in [3.63, 3.8) is 0 Å². The summed E-state index contributed by atoms with van der Waals surface area (Å²) in [4.78, 5) is 37.4. The van der Waals surface area contributed by atoms with Crippen molar-refractivity contribution in [3.8, 4) is 11.4 Å². The van der Waals surface area contributed by atoms with E-state index < -0.39 is 64.7 Å². The van der Waals surface area contributed by atoms with Gasteiger partial charge in [-0.05, 0) is 68.1 Å². The zero-order valence-electron chi connectivity index (χ0n) is 24.2. The number of aliphatic hydroxyl groups excluding tert-OH is 1. The lowest BCUT2D eigenvalue weighted by Crippen LogP contribution is -2.38. The molecule has 1 unspecified atom stereocenters. The molecule has 1 aliphatic heterocycles. The Bertz CT molecular complexity index is 2080. The summed E-state index contributed by atoms with van der Waals surface area (Å²) in [5.74, 6) is -7.53. The smallest absolute Gasteiger partial charge is 0.261 e.